The average Bonchev–Trinajstić information content (AvgIpc) is 2.83. The number of rotatable bonds is 2. The molecule has 0 atom stereocenters. The van der Waals surface area contributed by atoms with Crippen LogP contribution in [0.4, 0.5) is 0 Å². The van der Waals surface area contributed by atoms with E-state index in [1.54, 1.807) is 36.9 Å². The Hall–Kier alpha value is -2.40. The van der Waals surface area contributed by atoms with Gasteiger partial charge in [-0.15, -0.1) is 12.4 Å². The quantitative estimate of drug-likeness (QED) is 0.787. The van der Waals surface area contributed by atoms with E-state index in [1.807, 2.05) is 19.1 Å². The monoisotopic (exact) mass is 288 g/mol. The first-order chi connectivity index (χ1) is 9.25. The fourth-order valence-electron chi connectivity index (χ4n) is 1.86. The summed E-state index contributed by atoms with van der Waals surface area (Å²) >= 11 is 0. The molecular weight excluding hydrogens is 276 g/mol. The molecule has 3 rings (SSSR count). The number of halogens is 1. The zero-order valence-corrected chi connectivity index (χ0v) is 11.6. The van der Waals surface area contributed by atoms with Crippen LogP contribution < -0.4 is 5.56 Å². The molecule has 0 aliphatic rings. The molecule has 0 bridgehead atoms. The predicted molar refractivity (Wildman–Crippen MR) is 79.4 cm³/mol. The molecule has 0 fully saturated rings. The Morgan fingerprint density at radius 2 is 2.05 bits per heavy atom. The molecule has 0 amide bonds. The highest BCUT2D eigenvalue weighted by Crippen LogP contribution is 2.13. The molecule has 0 aliphatic carbocycles. The van der Waals surface area contributed by atoms with Gasteiger partial charge in [-0.05, 0) is 24.6 Å². The highest BCUT2D eigenvalue weighted by molar-refractivity contribution is 5.85. The fraction of sp³-hybridized carbons (Fsp3) is 0.0714. The summed E-state index contributed by atoms with van der Waals surface area (Å²) in [7, 11) is 0. The number of nitrogens with one attached hydrogen (secondary N) is 1. The van der Waals surface area contributed by atoms with Gasteiger partial charge >= 0.3 is 0 Å². The molecule has 0 saturated carbocycles. The van der Waals surface area contributed by atoms with Crippen molar-refractivity contribution in [3.8, 4) is 16.9 Å². The van der Waals surface area contributed by atoms with Crippen LogP contribution in [0.3, 0.4) is 0 Å². The van der Waals surface area contributed by atoms with Gasteiger partial charge < -0.3 is 0 Å². The van der Waals surface area contributed by atoms with E-state index in [2.05, 4.69) is 15.1 Å². The Morgan fingerprint density at radius 1 is 1.20 bits per heavy atom. The van der Waals surface area contributed by atoms with Crippen LogP contribution in [0.5, 0.6) is 0 Å². The van der Waals surface area contributed by atoms with Crippen LogP contribution in [0, 0.1) is 6.92 Å². The molecule has 102 valence electrons. The third-order valence-corrected chi connectivity index (χ3v) is 2.87. The summed E-state index contributed by atoms with van der Waals surface area (Å²) in [5.74, 6) is 0.575. The van der Waals surface area contributed by atoms with E-state index in [9.17, 15) is 4.79 Å². The Labute approximate surface area is 121 Å². The Bertz CT molecular complexity index is 747. The topological polar surface area (TPSA) is 63.6 Å². The van der Waals surface area contributed by atoms with Crippen molar-refractivity contribution in [2.24, 2.45) is 0 Å². The van der Waals surface area contributed by atoms with Crippen molar-refractivity contribution in [2.45, 2.75) is 6.92 Å². The molecule has 3 heterocycles. The second-order valence-corrected chi connectivity index (χ2v) is 4.26. The molecule has 0 spiro atoms. The van der Waals surface area contributed by atoms with E-state index in [4.69, 9.17) is 0 Å². The first kappa shape index (κ1) is 14.0. The van der Waals surface area contributed by atoms with Crippen molar-refractivity contribution in [3.63, 3.8) is 0 Å². The van der Waals surface area contributed by atoms with E-state index in [-0.39, 0.29) is 18.0 Å². The highest BCUT2D eigenvalue weighted by atomic mass is 35.5. The second kappa shape index (κ2) is 5.71. The van der Waals surface area contributed by atoms with Crippen molar-refractivity contribution in [3.05, 3.63) is 65.0 Å². The Balaban J connectivity index is 0.00000147. The molecule has 3 aromatic rings. The van der Waals surface area contributed by atoms with Crippen LogP contribution in [0.25, 0.3) is 16.9 Å². The molecule has 0 aromatic carbocycles. The maximum absolute atomic E-state index is 12.3. The zero-order chi connectivity index (χ0) is 13.2. The normalized spacial score (nSPS) is 10.1. The highest BCUT2D eigenvalue weighted by Gasteiger charge is 2.10. The van der Waals surface area contributed by atoms with Gasteiger partial charge in [0.15, 0.2) is 5.82 Å². The van der Waals surface area contributed by atoms with Crippen LogP contribution in [-0.2, 0) is 0 Å². The molecule has 3 aromatic heterocycles. The summed E-state index contributed by atoms with van der Waals surface area (Å²) < 4.78 is 1.42. The second-order valence-electron chi connectivity index (χ2n) is 4.26. The van der Waals surface area contributed by atoms with Crippen LogP contribution in [-0.4, -0.2) is 19.7 Å². The zero-order valence-electron chi connectivity index (χ0n) is 10.8. The van der Waals surface area contributed by atoms with Crippen molar-refractivity contribution in [1.29, 1.82) is 0 Å². The molecular formula is C14H13ClN4O. The Morgan fingerprint density at radius 3 is 2.70 bits per heavy atom. The summed E-state index contributed by atoms with van der Waals surface area (Å²) in [5.41, 5.74) is 2.28. The molecule has 5 nitrogen and oxygen atoms in total. The maximum Gasteiger partial charge on any atom is 0.280 e. The van der Waals surface area contributed by atoms with Gasteiger partial charge in [-0.3, -0.25) is 14.9 Å². The van der Waals surface area contributed by atoms with Crippen molar-refractivity contribution in [2.75, 3.05) is 0 Å². The molecule has 1 N–H and O–H groups in total. The number of aromatic amines is 1. The lowest BCUT2D eigenvalue weighted by atomic mass is 10.2. The number of H-pyrrole nitrogens is 1. The molecule has 0 aliphatic heterocycles. The molecule has 0 radical (unpaired) electrons. The molecule has 20 heavy (non-hydrogen) atoms. The third-order valence-electron chi connectivity index (χ3n) is 2.87. The first-order valence-electron chi connectivity index (χ1n) is 5.89. The average molecular weight is 289 g/mol. The van der Waals surface area contributed by atoms with E-state index < -0.39 is 0 Å². The van der Waals surface area contributed by atoms with Crippen LogP contribution in [0.1, 0.15) is 5.56 Å². The van der Waals surface area contributed by atoms with E-state index in [0.717, 1.165) is 11.1 Å². The number of hydrogen-bond acceptors (Lipinski definition) is 3. The molecule has 6 heteroatoms. The molecule has 0 saturated heterocycles. The third kappa shape index (κ3) is 2.48. The summed E-state index contributed by atoms with van der Waals surface area (Å²) in [6.07, 6.45) is 6.74. The SMILES string of the molecule is Cc1ccc(-n2[nH]cc(-c3cccnc3)c2=O)nc1.Cl. The van der Waals surface area contributed by atoms with E-state index in [0.29, 0.717) is 11.4 Å². The summed E-state index contributed by atoms with van der Waals surface area (Å²) in [5, 5.41) is 2.92. The summed E-state index contributed by atoms with van der Waals surface area (Å²) in [4.78, 5) is 20.6. The number of hydrogen-bond donors (Lipinski definition) is 1. The van der Waals surface area contributed by atoms with Crippen LogP contribution in [0.2, 0.25) is 0 Å². The fourth-order valence-corrected chi connectivity index (χ4v) is 1.86. The minimum Gasteiger partial charge on any atom is -0.296 e. The van der Waals surface area contributed by atoms with Crippen molar-refractivity contribution in [1.82, 2.24) is 19.7 Å². The molecule has 0 unspecified atom stereocenters. The summed E-state index contributed by atoms with van der Waals surface area (Å²) in [6, 6.07) is 7.38. The number of pyridine rings is 2. The van der Waals surface area contributed by atoms with Gasteiger partial charge in [0.1, 0.15) is 0 Å². The number of nitrogens with zero attached hydrogens (tertiary/aromatic N) is 3. The smallest absolute Gasteiger partial charge is 0.280 e. The first-order valence-corrected chi connectivity index (χ1v) is 5.89. The lowest BCUT2D eigenvalue weighted by molar-refractivity contribution is 0.818. The minimum absolute atomic E-state index is 0. The van der Waals surface area contributed by atoms with E-state index >= 15 is 0 Å². The predicted octanol–water partition coefficient (Wildman–Crippen LogP) is 2.35. The van der Waals surface area contributed by atoms with Crippen LogP contribution in [0.15, 0.2) is 53.8 Å². The van der Waals surface area contributed by atoms with Gasteiger partial charge in [-0.25, -0.2) is 9.67 Å². The minimum atomic E-state index is -0.135. The maximum atomic E-state index is 12.3. The van der Waals surface area contributed by atoms with Gasteiger partial charge in [0, 0.05) is 30.4 Å². The number of aryl methyl sites for hydroxylation is 1. The summed E-state index contributed by atoms with van der Waals surface area (Å²) in [6.45, 7) is 1.95. The van der Waals surface area contributed by atoms with E-state index in [1.165, 1.54) is 4.68 Å². The van der Waals surface area contributed by atoms with Gasteiger partial charge in [0.2, 0.25) is 0 Å². The standard InChI is InChI=1S/C14H12N4O.ClH/c1-10-4-5-13(16-7-10)18-14(19)12(9-17-18)11-3-2-6-15-8-11;/h2-9,17H,1H3;1H. The van der Waals surface area contributed by atoms with Gasteiger partial charge in [0.05, 0.1) is 5.56 Å². The largest absolute Gasteiger partial charge is 0.296 e. The van der Waals surface area contributed by atoms with Crippen molar-refractivity contribution >= 4 is 12.4 Å². The van der Waals surface area contributed by atoms with Crippen LogP contribution >= 0.6 is 12.4 Å². The Kier molecular flexibility index (Phi) is 4.00. The van der Waals surface area contributed by atoms with Crippen molar-refractivity contribution < 1.29 is 0 Å². The van der Waals surface area contributed by atoms with Gasteiger partial charge in [-0.1, -0.05) is 12.1 Å². The number of aromatic nitrogens is 4. The van der Waals surface area contributed by atoms with Gasteiger partial charge in [-0.2, -0.15) is 0 Å². The lowest BCUT2D eigenvalue weighted by Gasteiger charge is -2.00. The van der Waals surface area contributed by atoms with Gasteiger partial charge in [0.25, 0.3) is 5.56 Å². The lowest BCUT2D eigenvalue weighted by Crippen LogP contribution is -2.16.